The first-order valence-electron chi connectivity index (χ1n) is 5.34. The van der Waals surface area contributed by atoms with Crippen LogP contribution in [0.5, 0.6) is 0 Å². The fourth-order valence-corrected chi connectivity index (χ4v) is 1.91. The van der Waals surface area contributed by atoms with E-state index in [2.05, 4.69) is 18.7 Å². The second-order valence-electron chi connectivity index (χ2n) is 3.76. The minimum absolute atomic E-state index is 0.148. The lowest BCUT2D eigenvalue weighted by Gasteiger charge is -2.38. The summed E-state index contributed by atoms with van der Waals surface area (Å²) in [5.74, 6) is 0.148. The molecule has 0 N–H and O–H groups in total. The van der Waals surface area contributed by atoms with Gasteiger partial charge < -0.3 is 4.90 Å². The van der Waals surface area contributed by atoms with Crippen molar-refractivity contribution in [1.82, 2.24) is 9.80 Å². The monoisotopic (exact) mass is 196 g/mol. The zero-order chi connectivity index (χ0) is 10.6. The average Bonchev–Trinajstić information content (AvgIpc) is 2.18. The van der Waals surface area contributed by atoms with Gasteiger partial charge in [0.15, 0.2) is 0 Å². The third-order valence-corrected chi connectivity index (χ3v) is 2.79. The molecule has 14 heavy (non-hydrogen) atoms. The second kappa shape index (κ2) is 5.15. The number of carbonyl (C=O) groups excluding carboxylic acids is 1. The van der Waals surface area contributed by atoms with Crippen molar-refractivity contribution in [1.29, 1.82) is 0 Å². The second-order valence-corrected chi connectivity index (χ2v) is 3.76. The molecule has 1 rings (SSSR count). The maximum absolute atomic E-state index is 11.6. The van der Waals surface area contributed by atoms with Crippen LogP contribution < -0.4 is 0 Å². The van der Waals surface area contributed by atoms with Crippen LogP contribution in [0.1, 0.15) is 20.8 Å². The minimum Gasteiger partial charge on any atom is -0.336 e. The van der Waals surface area contributed by atoms with Crippen LogP contribution in [0.4, 0.5) is 0 Å². The van der Waals surface area contributed by atoms with E-state index in [1.807, 2.05) is 11.8 Å². The van der Waals surface area contributed by atoms with E-state index in [9.17, 15) is 4.79 Å². The number of nitrogens with zero attached hydrogens (tertiary/aromatic N) is 2. The Bertz CT molecular complexity index is 225. The standard InChI is InChI=1S/C11H20N2O/c1-4-6-11(14)13-8-7-12(5-2)10(3)9-13/h4,6,10H,5,7-9H2,1-3H3. The first-order valence-corrected chi connectivity index (χ1v) is 5.34. The van der Waals surface area contributed by atoms with Crippen molar-refractivity contribution in [2.75, 3.05) is 26.2 Å². The summed E-state index contributed by atoms with van der Waals surface area (Å²) in [6, 6.07) is 0.489. The Morgan fingerprint density at radius 3 is 2.71 bits per heavy atom. The summed E-state index contributed by atoms with van der Waals surface area (Å²) in [5, 5.41) is 0. The maximum atomic E-state index is 11.6. The molecule has 3 heteroatoms. The van der Waals surface area contributed by atoms with Crippen molar-refractivity contribution < 1.29 is 4.79 Å². The molecule has 0 aromatic carbocycles. The van der Waals surface area contributed by atoms with Gasteiger partial charge in [-0.1, -0.05) is 13.0 Å². The fraction of sp³-hybridized carbons (Fsp3) is 0.727. The van der Waals surface area contributed by atoms with Crippen molar-refractivity contribution in [3.8, 4) is 0 Å². The first-order chi connectivity index (χ1) is 6.69. The van der Waals surface area contributed by atoms with Gasteiger partial charge in [0.2, 0.25) is 5.91 Å². The highest BCUT2D eigenvalue weighted by Crippen LogP contribution is 2.09. The maximum Gasteiger partial charge on any atom is 0.246 e. The van der Waals surface area contributed by atoms with Gasteiger partial charge in [0.1, 0.15) is 0 Å². The lowest BCUT2D eigenvalue weighted by Crippen LogP contribution is -2.53. The Labute approximate surface area is 86.4 Å². The highest BCUT2D eigenvalue weighted by atomic mass is 16.2. The predicted octanol–water partition coefficient (Wildman–Crippen LogP) is 1.12. The van der Waals surface area contributed by atoms with Gasteiger partial charge in [-0.15, -0.1) is 0 Å². The Kier molecular flexibility index (Phi) is 4.14. The van der Waals surface area contributed by atoms with Crippen LogP contribution in [0, 0.1) is 0 Å². The van der Waals surface area contributed by atoms with Crippen LogP contribution >= 0.6 is 0 Å². The molecule has 0 spiro atoms. The highest BCUT2D eigenvalue weighted by molar-refractivity contribution is 5.87. The van der Waals surface area contributed by atoms with E-state index in [1.165, 1.54) is 0 Å². The van der Waals surface area contributed by atoms with Gasteiger partial charge >= 0.3 is 0 Å². The molecule has 1 aliphatic rings. The minimum atomic E-state index is 0.148. The van der Waals surface area contributed by atoms with Crippen molar-refractivity contribution >= 4 is 5.91 Å². The molecule has 1 unspecified atom stereocenters. The zero-order valence-corrected chi connectivity index (χ0v) is 9.36. The van der Waals surface area contributed by atoms with Gasteiger partial charge in [0.25, 0.3) is 0 Å². The molecule has 0 aliphatic carbocycles. The number of rotatable bonds is 2. The molecule has 1 atom stereocenters. The number of hydrogen-bond acceptors (Lipinski definition) is 2. The van der Waals surface area contributed by atoms with Crippen molar-refractivity contribution in [2.45, 2.75) is 26.8 Å². The van der Waals surface area contributed by atoms with E-state index in [-0.39, 0.29) is 5.91 Å². The normalized spacial score (nSPS) is 24.5. The number of piperazine rings is 1. The van der Waals surface area contributed by atoms with E-state index in [0.29, 0.717) is 6.04 Å². The molecule has 1 saturated heterocycles. The van der Waals surface area contributed by atoms with Crippen molar-refractivity contribution in [3.05, 3.63) is 12.2 Å². The van der Waals surface area contributed by atoms with Gasteiger partial charge in [-0.2, -0.15) is 0 Å². The molecule has 3 nitrogen and oxygen atoms in total. The largest absolute Gasteiger partial charge is 0.336 e. The van der Waals surface area contributed by atoms with Crippen LogP contribution in [-0.2, 0) is 4.79 Å². The van der Waals surface area contributed by atoms with Crippen LogP contribution in [0.25, 0.3) is 0 Å². The number of allylic oxidation sites excluding steroid dienone is 1. The average molecular weight is 196 g/mol. The lowest BCUT2D eigenvalue weighted by molar-refractivity contribution is -0.128. The molecule has 1 aliphatic heterocycles. The van der Waals surface area contributed by atoms with Crippen LogP contribution in [-0.4, -0.2) is 47.9 Å². The first kappa shape index (κ1) is 11.2. The number of likely N-dealkylation sites (N-methyl/N-ethyl adjacent to an activating group) is 1. The van der Waals surface area contributed by atoms with Crippen LogP contribution in [0.2, 0.25) is 0 Å². The summed E-state index contributed by atoms with van der Waals surface area (Å²) in [6.45, 7) is 10.0. The van der Waals surface area contributed by atoms with E-state index >= 15 is 0 Å². The topological polar surface area (TPSA) is 23.6 Å². The van der Waals surface area contributed by atoms with Crippen LogP contribution in [0.15, 0.2) is 12.2 Å². The van der Waals surface area contributed by atoms with Crippen LogP contribution in [0.3, 0.4) is 0 Å². The number of hydrogen-bond donors (Lipinski definition) is 0. The molecule has 80 valence electrons. The number of amides is 1. The number of carbonyl (C=O) groups is 1. The summed E-state index contributed by atoms with van der Waals surface area (Å²) in [5.41, 5.74) is 0. The predicted molar refractivity (Wildman–Crippen MR) is 58.1 cm³/mol. The molecule has 0 saturated carbocycles. The molecule has 1 amide bonds. The fourth-order valence-electron chi connectivity index (χ4n) is 1.91. The smallest absolute Gasteiger partial charge is 0.246 e. The van der Waals surface area contributed by atoms with Crippen molar-refractivity contribution in [3.63, 3.8) is 0 Å². The van der Waals surface area contributed by atoms with E-state index in [4.69, 9.17) is 0 Å². The Hall–Kier alpha value is -0.830. The summed E-state index contributed by atoms with van der Waals surface area (Å²) in [6.07, 6.45) is 3.45. The van der Waals surface area contributed by atoms with Gasteiger partial charge in [0.05, 0.1) is 0 Å². The van der Waals surface area contributed by atoms with Gasteiger partial charge in [-0.25, -0.2) is 0 Å². The highest BCUT2D eigenvalue weighted by Gasteiger charge is 2.23. The van der Waals surface area contributed by atoms with Gasteiger partial charge in [0, 0.05) is 25.7 Å². The SMILES string of the molecule is CC=CC(=O)N1CCN(CC)C(C)C1. The van der Waals surface area contributed by atoms with E-state index < -0.39 is 0 Å². The van der Waals surface area contributed by atoms with Gasteiger partial charge in [-0.3, -0.25) is 9.69 Å². The van der Waals surface area contributed by atoms with E-state index in [0.717, 1.165) is 26.2 Å². The Morgan fingerprint density at radius 2 is 2.21 bits per heavy atom. The molecule has 0 aromatic rings. The molecule has 0 bridgehead atoms. The third-order valence-electron chi connectivity index (χ3n) is 2.79. The molecular formula is C11H20N2O. The third kappa shape index (κ3) is 2.58. The summed E-state index contributed by atoms with van der Waals surface area (Å²) >= 11 is 0. The van der Waals surface area contributed by atoms with Gasteiger partial charge in [-0.05, 0) is 26.5 Å². The van der Waals surface area contributed by atoms with Crippen molar-refractivity contribution in [2.24, 2.45) is 0 Å². The summed E-state index contributed by atoms with van der Waals surface area (Å²) in [4.78, 5) is 15.9. The quantitative estimate of drug-likeness (QED) is 0.618. The Morgan fingerprint density at radius 1 is 1.50 bits per heavy atom. The zero-order valence-electron chi connectivity index (χ0n) is 9.36. The molecular weight excluding hydrogens is 176 g/mol. The Balaban J connectivity index is 2.50. The lowest BCUT2D eigenvalue weighted by atomic mass is 10.2. The summed E-state index contributed by atoms with van der Waals surface area (Å²) in [7, 11) is 0. The molecule has 0 aromatic heterocycles. The molecule has 1 heterocycles. The molecule has 1 fully saturated rings. The molecule has 0 radical (unpaired) electrons. The van der Waals surface area contributed by atoms with E-state index in [1.54, 1.807) is 12.2 Å². The summed E-state index contributed by atoms with van der Waals surface area (Å²) < 4.78 is 0.